The molecule has 6 nitrogen and oxygen atoms in total. The number of nitrogens with zero attached hydrogens (tertiary/aromatic N) is 3. The summed E-state index contributed by atoms with van der Waals surface area (Å²) in [4.78, 5) is 26.7. The summed E-state index contributed by atoms with van der Waals surface area (Å²) in [5, 5.41) is 2.76. The Morgan fingerprint density at radius 3 is 2.65 bits per heavy atom. The molecule has 0 bridgehead atoms. The third-order valence-corrected chi connectivity index (χ3v) is 3.25. The number of imidazole rings is 1. The lowest BCUT2D eigenvalue weighted by atomic mass is 10.2. The Morgan fingerprint density at radius 1 is 1.15 bits per heavy atom. The number of benzene rings is 1. The number of fused-ring (bicyclic) bond motifs is 1. The van der Waals surface area contributed by atoms with Gasteiger partial charge in [-0.15, -0.1) is 0 Å². The summed E-state index contributed by atoms with van der Waals surface area (Å²) in [6.45, 7) is 0. The molecule has 3 rings (SSSR count). The van der Waals surface area contributed by atoms with Gasteiger partial charge in [0, 0.05) is 5.56 Å². The van der Waals surface area contributed by atoms with Crippen LogP contribution in [0, 0.1) is 0 Å². The molecule has 1 aromatic carbocycles. The number of hydrogen-bond donors (Lipinski definition) is 2. The topological polar surface area (TPSA) is 83.6 Å². The van der Waals surface area contributed by atoms with E-state index in [1.165, 1.54) is 6.33 Å². The van der Waals surface area contributed by atoms with Crippen molar-refractivity contribution in [1.29, 1.82) is 0 Å². The molecule has 2 aromatic heterocycles. The monoisotopic (exact) mass is 307 g/mol. The van der Waals surface area contributed by atoms with E-state index in [0.717, 1.165) is 11.0 Å². The SMILES string of the molecule is O=C(Nc1c(Cl)ncnc1Cl)c1ccc2nc[nH]c2c1. The van der Waals surface area contributed by atoms with Crippen LogP contribution in [0.4, 0.5) is 5.69 Å². The minimum absolute atomic E-state index is 0.0842. The quantitative estimate of drug-likeness (QED) is 0.713. The zero-order valence-corrected chi connectivity index (χ0v) is 11.4. The van der Waals surface area contributed by atoms with Crippen LogP contribution in [0.15, 0.2) is 30.9 Å². The van der Waals surface area contributed by atoms with Gasteiger partial charge in [-0.25, -0.2) is 15.0 Å². The van der Waals surface area contributed by atoms with E-state index < -0.39 is 0 Å². The minimum atomic E-state index is -0.361. The van der Waals surface area contributed by atoms with E-state index >= 15 is 0 Å². The van der Waals surface area contributed by atoms with Crippen LogP contribution < -0.4 is 5.32 Å². The molecule has 2 heterocycles. The number of carbonyl (C=O) groups excluding carboxylic acids is 1. The molecule has 0 unspecified atom stereocenters. The van der Waals surface area contributed by atoms with Gasteiger partial charge in [-0.1, -0.05) is 23.2 Å². The fourth-order valence-corrected chi connectivity index (χ4v) is 2.12. The van der Waals surface area contributed by atoms with Crippen LogP contribution in [-0.2, 0) is 0 Å². The first-order chi connectivity index (χ1) is 9.65. The van der Waals surface area contributed by atoms with E-state index in [4.69, 9.17) is 23.2 Å². The molecular formula is C12H7Cl2N5O. The molecule has 3 aromatic rings. The average molecular weight is 308 g/mol. The van der Waals surface area contributed by atoms with Crippen LogP contribution in [0.1, 0.15) is 10.4 Å². The van der Waals surface area contributed by atoms with Crippen LogP contribution in [0.3, 0.4) is 0 Å². The molecule has 100 valence electrons. The molecule has 8 heteroatoms. The fourth-order valence-electron chi connectivity index (χ4n) is 1.71. The van der Waals surface area contributed by atoms with Gasteiger partial charge in [0.15, 0.2) is 10.3 Å². The molecule has 20 heavy (non-hydrogen) atoms. The van der Waals surface area contributed by atoms with E-state index in [-0.39, 0.29) is 21.9 Å². The number of hydrogen-bond acceptors (Lipinski definition) is 4. The highest BCUT2D eigenvalue weighted by molar-refractivity contribution is 6.38. The number of H-pyrrole nitrogens is 1. The summed E-state index contributed by atoms with van der Waals surface area (Å²) in [5.74, 6) is -0.361. The van der Waals surface area contributed by atoms with Crippen molar-refractivity contribution < 1.29 is 4.79 Å². The Morgan fingerprint density at radius 2 is 1.90 bits per heavy atom. The number of amides is 1. The normalized spacial score (nSPS) is 10.7. The predicted octanol–water partition coefficient (Wildman–Crippen LogP) is 2.91. The van der Waals surface area contributed by atoms with Gasteiger partial charge in [0.05, 0.1) is 17.4 Å². The van der Waals surface area contributed by atoms with Gasteiger partial charge in [-0.2, -0.15) is 0 Å². The summed E-state index contributed by atoms with van der Waals surface area (Å²) < 4.78 is 0. The first kappa shape index (κ1) is 12.8. The van der Waals surface area contributed by atoms with Crippen molar-refractivity contribution in [1.82, 2.24) is 19.9 Å². The first-order valence-corrected chi connectivity index (χ1v) is 6.31. The molecular weight excluding hydrogens is 301 g/mol. The first-order valence-electron chi connectivity index (χ1n) is 5.55. The van der Waals surface area contributed by atoms with Gasteiger partial charge in [-0.3, -0.25) is 4.79 Å². The second-order valence-corrected chi connectivity index (χ2v) is 4.63. The van der Waals surface area contributed by atoms with E-state index in [9.17, 15) is 4.79 Å². The second kappa shape index (κ2) is 5.07. The average Bonchev–Trinajstić information content (AvgIpc) is 2.90. The highest BCUT2D eigenvalue weighted by Gasteiger charge is 2.13. The molecule has 1 amide bonds. The number of halogens is 2. The van der Waals surface area contributed by atoms with Crippen molar-refractivity contribution >= 4 is 45.8 Å². The summed E-state index contributed by atoms with van der Waals surface area (Å²) in [6.07, 6.45) is 2.78. The van der Waals surface area contributed by atoms with Crippen LogP contribution in [0.2, 0.25) is 10.3 Å². The van der Waals surface area contributed by atoms with E-state index in [0.29, 0.717) is 5.56 Å². The zero-order valence-electron chi connectivity index (χ0n) is 9.89. The number of aromatic nitrogens is 4. The van der Waals surface area contributed by atoms with Gasteiger partial charge in [0.25, 0.3) is 5.91 Å². The van der Waals surface area contributed by atoms with E-state index in [2.05, 4.69) is 25.3 Å². The maximum atomic E-state index is 12.2. The Labute approximate surface area is 123 Å². The zero-order chi connectivity index (χ0) is 14.1. The summed E-state index contributed by atoms with van der Waals surface area (Å²) in [5.41, 5.74) is 2.17. The molecule has 0 radical (unpaired) electrons. The number of aromatic amines is 1. The van der Waals surface area contributed by atoms with Gasteiger partial charge in [0.2, 0.25) is 0 Å². The highest BCUT2D eigenvalue weighted by Crippen LogP contribution is 2.26. The van der Waals surface area contributed by atoms with Crippen LogP contribution in [-0.4, -0.2) is 25.8 Å². The molecule has 0 atom stereocenters. The molecule has 0 aliphatic rings. The Hall–Kier alpha value is -2.18. The molecule has 0 saturated heterocycles. The maximum Gasteiger partial charge on any atom is 0.255 e. The third-order valence-electron chi connectivity index (χ3n) is 2.68. The van der Waals surface area contributed by atoms with Crippen LogP contribution in [0.5, 0.6) is 0 Å². The Balaban J connectivity index is 1.92. The maximum absolute atomic E-state index is 12.2. The fraction of sp³-hybridized carbons (Fsp3) is 0. The van der Waals surface area contributed by atoms with Crippen molar-refractivity contribution in [3.05, 3.63) is 46.7 Å². The number of anilines is 1. The molecule has 0 aliphatic heterocycles. The van der Waals surface area contributed by atoms with Gasteiger partial charge in [0.1, 0.15) is 12.0 Å². The van der Waals surface area contributed by atoms with E-state index in [1.807, 2.05) is 0 Å². The molecule has 0 fully saturated rings. The van der Waals surface area contributed by atoms with Gasteiger partial charge in [-0.05, 0) is 18.2 Å². The summed E-state index contributed by atoms with van der Waals surface area (Å²) in [7, 11) is 0. The standard InChI is InChI=1S/C12H7Cl2N5O/c13-10-9(11(14)18-5-17-10)19-12(20)6-1-2-7-8(3-6)16-4-15-7/h1-5H,(H,15,16)(H,19,20). The molecule has 2 N–H and O–H groups in total. The minimum Gasteiger partial charge on any atom is -0.345 e. The highest BCUT2D eigenvalue weighted by atomic mass is 35.5. The van der Waals surface area contributed by atoms with Crippen molar-refractivity contribution in [3.63, 3.8) is 0 Å². The Bertz CT molecular complexity index is 781. The predicted molar refractivity (Wildman–Crippen MR) is 76.1 cm³/mol. The lowest BCUT2D eigenvalue weighted by molar-refractivity contribution is 0.102. The molecule has 0 aliphatic carbocycles. The van der Waals surface area contributed by atoms with Crippen molar-refractivity contribution in [2.75, 3.05) is 5.32 Å². The molecule has 0 saturated carbocycles. The number of carbonyl (C=O) groups is 1. The number of nitrogens with one attached hydrogen (secondary N) is 2. The largest absolute Gasteiger partial charge is 0.345 e. The summed E-state index contributed by atoms with van der Waals surface area (Å²) >= 11 is 11.7. The lowest BCUT2D eigenvalue weighted by Crippen LogP contribution is -2.13. The van der Waals surface area contributed by atoms with Crippen molar-refractivity contribution in [2.45, 2.75) is 0 Å². The van der Waals surface area contributed by atoms with Crippen molar-refractivity contribution in [3.8, 4) is 0 Å². The summed E-state index contributed by atoms with van der Waals surface area (Å²) in [6, 6.07) is 5.08. The number of rotatable bonds is 2. The second-order valence-electron chi connectivity index (χ2n) is 3.92. The van der Waals surface area contributed by atoms with Gasteiger partial charge < -0.3 is 10.3 Å². The smallest absolute Gasteiger partial charge is 0.255 e. The van der Waals surface area contributed by atoms with Crippen molar-refractivity contribution in [2.24, 2.45) is 0 Å². The van der Waals surface area contributed by atoms with Gasteiger partial charge >= 0.3 is 0 Å². The third kappa shape index (κ3) is 2.31. The van der Waals surface area contributed by atoms with Crippen LogP contribution >= 0.6 is 23.2 Å². The van der Waals surface area contributed by atoms with Crippen LogP contribution in [0.25, 0.3) is 11.0 Å². The lowest BCUT2D eigenvalue weighted by Gasteiger charge is -2.07. The molecule has 0 spiro atoms. The van der Waals surface area contributed by atoms with E-state index in [1.54, 1.807) is 24.5 Å². The Kier molecular flexibility index (Phi) is 3.25.